The molecule has 0 fully saturated rings. The number of aliphatic carboxylic acids is 1. The molecular formula is C92H97F3N12O20. The summed E-state index contributed by atoms with van der Waals surface area (Å²) in [6.45, 7) is 19.2. The third kappa shape index (κ3) is 20.9. The molecule has 0 aliphatic rings. The average Bonchev–Trinajstić information content (AvgIpc) is 1.61. The summed E-state index contributed by atoms with van der Waals surface area (Å²) < 4.78 is 82.1. The van der Waals surface area contributed by atoms with Crippen molar-refractivity contribution in [1.29, 1.82) is 0 Å². The van der Waals surface area contributed by atoms with Gasteiger partial charge in [0.15, 0.2) is 0 Å². The first-order chi connectivity index (χ1) is 60.1. The van der Waals surface area contributed by atoms with E-state index in [2.05, 4.69) is 10.6 Å². The number of carboxylic acid groups (broad SMARTS) is 1. The number of ketones is 4. The topological polar surface area (TPSA) is 434 Å². The van der Waals surface area contributed by atoms with Crippen molar-refractivity contribution < 1.29 is 109 Å². The van der Waals surface area contributed by atoms with E-state index in [1.165, 1.54) is 98.9 Å². The van der Waals surface area contributed by atoms with Crippen LogP contribution in [-0.4, -0.2) is 186 Å². The number of ether oxygens (including phenoxy) is 8. The quantitative estimate of drug-likeness (QED) is 0.00787. The number of anilines is 8. The number of rotatable bonds is 28. The number of aromatic nitrogens is 4. The van der Waals surface area contributed by atoms with Crippen molar-refractivity contribution in [3.05, 3.63) is 260 Å². The SMILES string of the molecule is COC(=O)c1cc(C(=O)c2c(C)c(N(CCOCCN(C(=O)OC(C)(C)C)c3c(C)c(C(=O)c4ccc(N)c(C(=O)OC)c4)n4ccccc34)C(=O)OC(C)(C)C)c3ccccn23)ccc1N.COC(=O)c1cc(C(=O)c2c(C)c(NCCOCCNc3c(C)c(C(=O)c4ccc(N)c(C(=O)OC)c4)n4ccccc34)c3ccccn23)ccc1N.O=C(O)C(F)(F)F. The first kappa shape index (κ1) is 94.3. The highest BCUT2D eigenvalue weighted by Crippen LogP contribution is 2.39. The van der Waals surface area contributed by atoms with E-state index in [-0.39, 0.29) is 105 Å². The Labute approximate surface area is 726 Å². The fourth-order valence-corrected chi connectivity index (χ4v) is 14.3. The number of esters is 4. The second kappa shape index (κ2) is 39.7. The molecule has 35 heteroatoms. The number of hydrogen-bond acceptors (Lipinski definition) is 25. The van der Waals surface area contributed by atoms with E-state index in [1.807, 2.05) is 71.4 Å². The summed E-state index contributed by atoms with van der Waals surface area (Å²) in [6.07, 6.45) is 0.576. The van der Waals surface area contributed by atoms with Crippen molar-refractivity contribution in [3.63, 3.8) is 0 Å². The van der Waals surface area contributed by atoms with Crippen LogP contribution in [0.1, 0.15) is 169 Å². The number of benzene rings is 4. The van der Waals surface area contributed by atoms with Gasteiger partial charge >= 0.3 is 48.2 Å². The Kier molecular flexibility index (Phi) is 29.4. The van der Waals surface area contributed by atoms with E-state index in [1.54, 1.807) is 125 Å². The Morgan fingerprint density at radius 1 is 0.378 bits per heavy atom. The van der Waals surface area contributed by atoms with Crippen LogP contribution in [0, 0.1) is 27.7 Å². The van der Waals surface area contributed by atoms with Crippen molar-refractivity contribution >= 4 is 133 Å². The third-order valence-corrected chi connectivity index (χ3v) is 20.1. The molecule has 32 nitrogen and oxygen atoms in total. The van der Waals surface area contributed by atoms with Gasteiger partial charge in [0.25, 0.3) is 0 Å². The van der Waals surface area contributed by atoms with Gasteiger partial charge < -0.3 is 94.2 Å². The minimum atomic E-state index is -5.08. The number of carbonyl (C=O) groups is 11. The van der Waals surface area contributed by atoms with Gasteiger partial charge in [-0.2, -0.15) is 13.2 Å². The summed E-state index contributed by atoms with van der Waals surface area (Å²) in [4.78, 5) is 146. The highest BCUT2D eigenvalue weighted by Gasteiger charge is 2.39. The van der Waals surface area contributed by atoms with Gasteiger partial charge in [-0.3, -0.25) is 29.0 Å². The smallest absolute Gasteiger partial charge is 0.475 e. The van der Waals surface area contributed by atoms with Gasteiger partial charge in [0.1, 0.15) is 11.2 Å². The van der Waals surface area contributed by atoms with Gasteiger partial charge in [0.2, 0.25) is 23.1 Å². The number of amides is 2. The Morgan fingerprint density at radius 2 is 0.630 bits per heavy atom. The molecule has 0 aliphatic carbocycles. The lowest BCUT2D eigenvalue weighted by molar-refractivity contribution is -0.192. The highest BCUT2D eigenvalue weighted by atomic mass is 19.4. The molecule has 4 aromatic carbocycles. The molecule has 2 amide bonds. The number of halogens is 3. The minimum Gasteiger partial charge on any atom is -0.475 e. The summed E-state index contributed by atoms with van der Waals surface area (Å²) in [5.74, 6) is -6.78. The van der Waals surface area contributed by atoms with Crippen LogP contribution in [0.2, 0.25) is 0 Å². The molecule has 8 heterocycles. The fraction of sp³-hybridized carbons (Fsp3) is 0.272. The monoisotopic (exact) mass is 1750 g/mol. The second-order valence-electron chi connectivity index (χ2n) is 30.8. The van der Waals surface area contributed by atoms with Crippen LogP contribution in [0.15, 0.2) is 170 Å². The molecule has 127 heavy (non-hydrogen) atoms. The molecule has 0 atom stereocenters. The molecule has 0 unspecified atom stereocenters. The average molecular weight is 1750 g/mol. The van der Waals surface area contributed by atoms with Crippen LogP contribution < -0.4 is 43.4 Å². The number of nitrogen functional groups attached to an aromatic ring is 4. The number of nitrogens with one attached hydrogen (secondary N) is 2. The molecule has 0 spiro atoms. The zero-order chi connectivity index (χ0) is 93.0. The van der Waals surface area contributed by atoms with E-state index < -0.39 is 71.0 Å². The maximum absolute atomic E-state index is 14.3. The number of carboxylic acids is 1. The van der Waals surface area contributed by atoms with Gasteiger partial charge in [-0.25, -0.2) is 33.6 Å². The number of pyridine rings is 4. The lowest BCUT2D eigenvalue weighted by atomic mass is 10.0. The number of alkyl halides is 3. The second-order valence-corrected chi connectivity index (χ2v) is 30.8. The molecule has 0 bridgehead atoms. The molecular weight excluding hydrogens is 1650 g/mol. The van der Waals surface area contributed by atoms with Gasteiger partial charge in [-0.1, -0.05) is 24.3 Å². The number of nitrogens with two attached hydrogens (primary N) is 4. The van der Waals surface area contributed by atoms with Crippen LogP contribution in [0.4, 0.5) is 68.3 Å². The zero-order valence-corrected chi connectivity index (χ0v) is 72.2. The molecule has 12 rings (SSSR count). The van der Waals surface area contributed by atoms with Crippen molar-refractivity contribution in [1.82, 2.24) is 17.6 Å². The zero-order valence-electron chi connectivity index (χ0n) is 72.2. The summed E-state index contributed by atoms with van der Waals surface area (Å²) in [5, 5.41) is 14.0. The van der Waals surface area contributed by atoms with E-state index in [9.17, 15) is 61.1 Å². The number of fused-ring (bicyclic) bond motifs is 4. The normalized spacial score (nSPS) is 11.4. The molecule has 666 valence electrons. The van der Waals surface area contributed by atoms with Crippen molar-refractivity contribution in [2.75, 3.05) is 124 Å². The number of nitrogens with zero attached hydrogens (tertiary/aromatic N) is 6. The molecule has 0 radical (unpaired) electrons. The predicted octanol–water partition coefficient (Wildman–Crippen LogP) is 14.4. The Bertz CT molecular complexity index is 5920. The molecule has 11 N–H and O–H groups in total. The number of hydrogen-bond donors (Lipinski definition) is 7. The summed E-state index contributed by atoms with van der Waals surface area (Å²) in [6, 6.07) is 39.8. The Hall–Kier alpha value is -15.0. The van der Waals surface area contributed by atoms with Gasteiger partial charge in [0, 0.05) is 105 Å². The standard InChI is InChI=1S/C50H56N6O11.C40H40N6O7.C2HF3O2/c1-29-39(37-15-11-13-21-53(37)41(29)43(57)31-17-19-35(51)33(27-31)45(59)63-9)55(47(61)66-49(3,4)5)23-25-65-26-24-56(48(62)67-50(6,7)8)40-30(2)42(54-22-14-12-16-38(40)54)44(58)32-18-20-36(52)34(28-32)46(60)64-10;1-23-33(31-9-5-7-17-45(31)35(23)37(47)25-11-13-29(41)27(21-25)39(49)51-3)43-15-19-53-20-16-44-34-24(2)36(46-18-8-6-10-32(34)46)38(48)26-12-14-30(42)28(22-26)40(50)52-4;3-2(4,5)1(6)7/h11-22,27-28H,23-26,51-52H2,1-10H3;5-14,17-18,21-22,43-44H,15-16,19-20,41-42H2,1-4H3;(H,6,7). The van der Waals surface area contributed by atoms with Crippen LogP contribution >= 0.6 is 0 Å². The molecule has 0 saturated heterocycles. The molecule has 12 aromatic rings. The van der Waals surface area contributed by atoms with Crippen LogP contribution in [0.25, 0.3) is 22.1 Å². The Balaban J connectivity index is 0.000000251. The maximum Gasteiger partial charge on any atom is 0.490 e. The highest BCUT2D eigenvalue weighted by molar-refractivity contribution is 6.17. The fourth-order valence-electron chi connectivity index (χ4n) is 14.3. The summed E-state index contributed by atoms with van der Waals surface area (Å²) in [5.41, 5.74) is 33.2. The van der Waals surface area contributed by atoms with E-state index in [0.717, 1.165) is 33.5 Å². The summed E-state index contributed by atoms with van der Waals surface area (Å²) in [7, 11) is 4.97. The first-order valence-electron chi connectivity index (χ1n) is 39.5. The lowest BCUT2D eigenvalue weighted by Gasteiger charge is -2.29. The van der Waals surface area contributed by atoms with Gasteiger partial charge in [-0.15, -0.1) is 0 Å². The van der Waals surface area contributed by atoms with Gasteiger partial charge in [0.05, 0.1) is 158 Å². The number of methoxy groups -OCH3 is 4. The van der Waals surface area contributed by atoms with Crippen LogP contribution in [0.5, 0.6) is 0 Å². The van der Waals surface area contributed by atoms with Crippen molar-refractivity contribution in [2.24, 2.45) is 0 Å². The van der Waals surface area contributed by atoms with E-state index in [0.29, 0.717) is 82.4 Å². The largest absolute Gasteiger partial charge is 0.490 e. The Morgan fingerprint density at radius 3 is 0.890 bits per heavy atom. The molecule has 0 saturated carbocycles. The lowest BCUT2D eigenvalue weighted by Crippen LogP contribution is -2.40. The van der Waals surface area contributed by atoms with E-state index >= 15 is 0 Å². The van der Waals surface area contributed by atoms with Crippen LogP contribution in [-0.2, 0) is 42.7 Å². The molecule has 8 aromatic heterocycles. The first-order valence-corrected chi connectivity index (χ1v) is 39.5. The van der Waals surface area contributed by atoms with Crippen molar-refractivity contribution in [2.45, 2.75) is 86.6 Å². The maximum atomic E-state index is 14.3. The third-order valence-electron chi connectivity index (χ3n) is 20.1. The summed E-state index contributed by atoms with van der Waals surface area (Å²) >= 11 is 0. The van der Waals surface area contributed by atoms with Crippen molar-refractivity contribution in [3.8, 4) is 0 Å². The number of carbonyl (C=O) groups excluding carboxylic acids is 10. The predicted molar refractivity (Wildman–Crippen MR) is 471 cm³/mol. The molecule has 0 aliphatic heterocycles. The minimum absolute atomic E-state index is 0.0352. The van der Waals surface area contributed by atoms with Gasteiger partial charge in [-0.05, 0) is 191 Å². The van der Waals surface area contributed by atoms with Crippen LogP contribution in [0.3, 0.4) is 0 Å². The van der Waals surface area contributed by atoms with E-state index in [4.69, 9.17) is 70.7 Å².